The fourth-order valence-electron chi connectivity index (χ4n) is 2.20. The average Bonchev–Trinajstić information content (AvgIpc) is 2.02. The van der Waals surface area contributed by atoms with Gasteiger partial charge in [-0.2, -0.15) is 0 Å². The second kappa shape index (κ2) is 4.61. The first-order chi connectivity index (χ1) is 6.09. The molecule has 3 N–H and O–H groups in total. The first-order valence-electron chi connectivity index (χ1n) is 5.11. The number of carbonyl (C=O) groups excluding carboxylic acids is 1. The summed E-state index contributed by atoms with van der Waals surface area (Å²) in [6, 6.07) is 0.490. The fraction of sp³-hybridized carbons (Fsp3) is 0.900. The van der Waals surface area contributed by atoms with E-state index < -0.39 is 0 Å². The minimum Gasteiger partial charge on any atom is -0.369 e. The third-order valence-corrected chi connectivity index (χ3v) is 2.97. The summed E-state index contributed by atoms with van der Waals surface area (Å²) in [7, 11) is 0. The molecule has 1 rings (SSSR count). The molecule has 0 spiro atoms. The van der Waals surface area contributed by atoms with E-state index >= 15 is 0 Å². The zero-order valence-corrected chi connectivity index (χ0v) is 8.55. The third-order valence-electron chi connectivity index (χ3n) is 2.97. The molecule has 0 aromatic rings. The van der Waals surface area contributed by atoms with Crippen LogP contribution in [0, 0.1) is 11.8 Å². The van der Waals surface area contributed by atoms with Crippen molar-refractivity contribution in [3.8, 4) is 0 Å². The lowest BCUT2D eigenvalue weighted by Crippen LogP contribution is -2.42. The molecule has 1 saturated carbocycles. The van der Waals surface area contributed by atoms with Crippen molar-refractivity contribution < 1.29 is 4.79 Å². The van der Waals surface area contributed by atoms with Crippen molar-refractivity contribution >= 4 is 5.91 Å². The van der Waals surface area contributed by atoms with E-state index in [2.05, 4.69) is 19.2 Å². The summed E-state index contributed by atoms with van der Waals surface area (Å²) in [6.45, 7) is 4.86. The second-order valence-corrected chi connectivity index (χ2v) is 4.35. The van der Waals surface area contributed by atoms with Crippen LogP contribution in [0.15, 0.2) is 0 Å². The number of nitrogens with one attached hydrogen (secondary N) is 1. The summed E-state index contributed by atoms with van der Waals surface area (Å²) in [5.74, 6) is 1.25. The lowest BCUT2D eigenvalue weighted by molar-refractivity contribution is -0.117. The average molecular weight is 184 g/mol. The van der Waals surface area contributed by atoms with Crippen LogP contribution >= 0.6 is 0 Å². The summed E-state index contributed by atoms with van der Waals surface area (Å²) in [5, 5.41) is 3.22. The van der Waals surface area contributed by atoms with Gasteiger partial charge in [-0.15, -0.1) is 0 Å². The maximum atomic E-state index is 10.6. The van der Waals surface area contributed by atoms with E-state index in [0.717, 1.165) is 5.92 Å². The Bertz CT molecular complexity index is 182. The van der Waals surface area contributed by atoms with Gasteiger partial charge in [0.05, 0.1) is 6.54 Å². The Kier molecular flexibility index (Phi) is 3.72. The topological polar surface area (TPSA) is 55.1 Å². The van der Waals surface area contributed by atoms with Crippen LogP contribution in [-0.2, 0) is 4.79 Å². The molecule has 1 fully saturated rings. The largest absolute Gasteiger partial charge is 0.369 e. The molecule has 3 nitrogen and oxygen atoms in total. The van der Waals surface area contributed by atoms with Gasteiger partial charge in [0.25, 0.3) is 0 Å². The maximum Gasteiger partial charge on any atom is 0.231 e. The molecule has 1 aliphatic carbocycles. The van der Waals surface area contributed by atoms with Crippen LogP contribution in [0.4, 0.5) is 0 Å². The Morgan fingerprint density at radius 3 is 2.69 bits per heavy atom. The standard InChI is InChI=1S/C10H20N2O/c1-7-3-4-9(8(2)5-7)12-6-10(11)13/h7-9,12H,3-6H2,1-2H3,(H2,11,13). The number of primary amides is 1. The number of hydrogen-bond acceptors (Lipinski definition) is 2. The molecular weight excluding hydrogens is 164 g/mol. The number of nitrogens with two attached hydrogens (primary N) is 1. The van der Waals surface area contributed by atoms with E-state index in [9.17, 15) is 4.79 Å². The highest BCUT2D eigenvalue weighted by atomic mass is 16.1. The Balaban J connectivity index is 2.29. The fourth-order valence-corrected chi connectivity index (χ4v) is 2.20. The summed E-state index contributed by atoms with van der Waals surface area (Å²) in [4.78, 5) is 10.6. The summed E-state index contributed by atoms with van der Waals surface area (Å²) >= 11 is 0. The quantitative estimate of drug-likeness (QED) is 0.684. The van der Waals surface area contributed by atoms with Gasteiger partial charge in [-0.1, -0.05) is 13.8 Å². The van der Waals surface area contributed by atoms with Crippen LogP contribution in [-0.4, -0.2) is 18.5 Å². The second-order valence-electron chi connectivity index (χ2n) is 4.35. The zero-order valence-electron chi connectivity index (χ0n) is 8.55. The first kappa shape index (κ1) is 10.5. The number of amides is 1. The Labute approximate surface area is 80.1 Å². The van der Waals surface area contributed by atoms with Crippen molar-refractivity contribution in [1.29, 1.82) is 0 Å². The van der Waals surface area contributed by atoms with Gasteiger partial charge in [-0.05, 0) is 31.1 Å². The molecule has 3 unspecified atom stereocenters. The van der Waals surface area contributed by atoms with Gasteiger partial charge < -0.3 is 11.1 Å². The molecule has 0 aromatic carbocycles. The molecule has 0 aliphatic heterocycles. The van der Waals surface area contributed by atoms with Gasteiger partial charge in [0.15, 0.2) is 0 Å². The minimum absolute atomic E-state index is 0.258. The highest BCUT2D eigenvalue weighted by Crippen LogP contribution is 2.28. The van der Waals surface area contributed by atoms with E-state index in [1.54, 1.807) is 0 Å². The molecule has 3 heteroatoms. The van der Waals surface area contributed by atoms with Crippen LogP contribution in [0.1, 0.15) is 33.1 Å². The molecule has 0 saturated heterocycles. The first-order valence-corrected chi connectivity index (χ1v) is 5.11. The van der Waals surface area contributed by atoms with E-state index in [1.165, 1.54) is 19.3 Å². The Morgan fingerprint density at radius 2 is 2.15 bits per heavy atom. The maximum absolute atomic E-state index is 10.6. The number of hydrogen-bond donors (Lipinski definition) is 2. The van der Waals surface area contributed by atoms with Crippen LogP contribution in [0.2, 0.25) is 0 Å². The molecule has 0 bridgehead atoms. The van der Waals surface area contributed by atoms with Gasteiger partial charge in [0.2, 0.25) is 5.91 Å². The number of rotatable bonds is 3. The molecule has 76 valence electrons. The van der Waals surface area contributed by atoms with Gasteiger partial charge >= 0.3 is 0 Å². The Morgan fingerprint density at radius 1 is 1.46 bits per heavy atom. The van der Waals surface area contributed by atoms with Crippen LogP contribution in [0.25, 0.3) is 0 Å². The van der Waals surface area contributed by atoms with Gasteiger partial charge in [0, 0.05) is 6.04 Å². The van der Waals surface area contributed by atoms with Crippen molar-refractivity contribution in [2.45, 2.75) is 39.2 Å². The summed E-state index contributed by atoms with van der Waals surface area (Å²) < 4.78 is 0. The SMILES string of the molecule is CC1CCC(NCC(N)=O)C(C)C1. The molecule has 13 heavy (non-hydrogen) atoms. The summed E-state index contributed by atoms with van der Waals surface area (Å²) in [5.41, 5.74) is 5.08. The van der Waals surface area contributed by atoms with Gasteiger partial charge in [-0.25, -0.2) is 0 Å². The predicted molar refractivity (Wildman–Crippen MR) is 53.2 cm³/mol. The van der Waals surface area contributed by atoms with Crippen LogP contribution in [0.5, 0.6) is 0 Å². The van der Waals surface area contributed by atoms with Crippen molar-refractivity contribution in [3.05, 3.63) is 0 Å². The highest BCUT2D eigenvalue weighted by Gasteiger charge is 2.24. The lowest BCUT2D eigenvalue weighted by atomic mass is 9.80. The molecule has 0 radical (unpaired) electrons. The predicted octanol–water partition coefficient (Wildman–Crippen LogP) is 0.886. The molecule has 1 aliphatic rings. The third kappa shape index (κ3) is 3.35. The lowest BCUT2D eigenvalue weighted by Gasteiger charge is -2.32. The van der Waals surface area contributed by atoms with E-state index in [0.29, 0.717) is 18.5 Å². The van der Waals surface area contributed by atoms with Crippen molar-refractivity contribution in [2.24, 2.45) is 17.6 Å². The van der Waals surface area contributed by atoms with E-state index in [1.807, 2.05) is 0 Å². The minimum atomic E-state index is -0.258. The summed E-state index contributed by atoms with van der Waals surface area (Å²) in [6.07, 6.45) is 3.70. The van der Waals surface area contributed by atoms with Crippen LogP contribution in [0.3, 0.4) is 0 Å². The Hall–Kier alpha value is -0.570. The normalized spacial score (nSPS) is 34.5. The van der Waals surface area contributed by atoms with Gasteiger partial charge in [0.1, 0.15) is 0 Å². The van der Waals surface area contributed by atoms with Crippen molar-refractivity contribution in [3.63, 3.8) is 0 Å². The highest BCUT2D eigenvalue weighted by molar-refractivity contribution is 5.75. The monoisotopic (exact) mass is 184 g/mol. The van der Waals surface area contributed by atoms with Crippen molar-refractivity contribution in [2.75, 3.05) is 6.54 Å². The van der Waals surface area contributed by atoms with Crippen molar-refractivity contribution in [1.82, 2.24) is 5.32 Å². The molecule has 0 heterocycles. The molecule has 0 aromatic heterocycles. The van der Waals surface area contributed by atoms with Gasteiger partial charge in [-0.3, -0.25) is 4.79 Å². The number of carbonyl (C=O) groups is 1. The molecule has 3 atom stereocenters. The molecule has 1 amide bonds. The molecular formula is C10H20N2O. The van der Waals surface area contributed by atoms with E-state index in [-0.39, 0.29) is 5.91 Å². The van der Waals surface area contributed by atoms with E-state index in [4.69, 9.17) is 5.73 Å². The zero-order chi connectivity index (χ0) is 9.84. The smallest absolute Gasteiger partial charge is 0.231 e. The van der Waals surface area contributed by atoms with Crippen LogP contribution < -0.4 is 11.1 Å².